The van der Waals surface area contributed by atoms with Crippen LogP contribution in [0.1, 0.15) is 24.8 Å². The zero-order valence-corrected chi connectivity index (χ0v) is 15.7. The second-order valence-corrected chi connectivity index (χ2v) is 8.23. The van der Waals surface area contributed by atoms with Crippen molar-refractivity contribution < 1.29 is 4.39 Å². The smallest absolute Gasteiger partial charge is 0.152 e. The van der Waals surface area contributed by atoms with Crippen molar-refractivity contribution in [1.82, 2.24) is 9.88 Å². The predicted molar refractivity (Wildman–Crippen MR) is 107 cm³/mol. The maximum absolute atomic E-state index is 13.2. The molecule has 1 saturated heterocycles. The Bertz CT molecular complexity index is 789. The fourth-order valence-corrected chi connectivity index (χ4v) is 4.52. The Balaban J connectivity index is 1.33. The number of halogens is 1. The van der Waals surface area contributed by atoms with Gasteiger partial charge in [0, 0.05) is 51.5 Å². The fraction of sp³-hybridized carbons (Fsp3) is 0.500. The van der Waals surface area contributed by atoms with E-state index in [0.717, 1.165) is 38.6 Å². The molecule has 3 heterocycles. The first-order chi connectivity index (χ1) is 13.3. The average Bonchev–Trinajstić information content (AvgIpc) is 3.52. The van der Waals surface area contributed by atoms with Crippen LogP contribution in [0.5, 0.6) is 0 Å². The normalized spacial score (nSPS) is 22.9. The summed E-state index contributed by atoms with van der Waals surface area (Å²) in [5, 5.41) is 0. The average molecular weight is 366 g/mol. The Labute approximate surface area is 160 Å². The Morgan fingerprint density at radius 1 is 1.00 bits per heavy atom. The highest BCUT2D eigenvalue weighted by molar-refractivity contribution is 5.68. The van der Waals surface area contributed by atoms with Crippen LogP contribution in [0.4, 0.5) is 15.9 Å². The van der Waals surface area contributed by atoms with Crippen molar-refractivity contribution >= 4 is 11.5 Å². The highest BCUT2D eigenvalue weighted by atomic mass is 19.1. The maximum atomic E-state index is 13.2. The van der Waals surface area contributed by atoms with Gasteiger partial charge in [0.05, 0.1) is 5.69 Å². The van der Waals surface area contributed by atoms with Crippen molar-refractivity contribution in [2.45, 2.75) is 31.8 Å². The lowest BCUT2D eigenvalue weighted by atomic mass is 10.1. The van der Waals surface area contributed by atoms with Gasteiger partial charge in [-0.25, -0.2) is 9.37 Å². The minimum Gasteiger partial charge on any atom is -0.368 e. The van der Waals surface area contributed by atoms with Crippen LogP contribution in [0.15, 0.2) is 42.6 Å². The summed E-state index contributed by atoms with van der Waals surface area (Å²) in [4.78, 5) is 12.4. The zero-order chi connectivity index (χ0) is 18.2. The predicted octanol–water partition coefficient (Wildman–Crippen LogP) is 3.53. The van der Waals surface area contributed by atoms with Crippen LogP contribution in [0.3, 0.4) is 0 Å². The number of fused-ring (bicyclic) bond motifs is 3. The molecule has 0 amide bonds. The highest BCUT2D eigenvalue weighted by Gasteiger charge is 2.34. The third kappa shape index (κ3) is 3.65. The lowest BCUT2D eigenvalue weighted by Crippen LogP contribution is -2.53. The summed E-state index contributed by atoms with van der Waals surface area (Å²) in [5.41, 5.74) is 2.51. The quantitative estimate of drug-likeness (QED) is 0.826. The van der Waals surface area contributed by atoms with Crippen LogP contribution < -0.4 is 9.80 Å². The molecule has 0 spiro atoms. The van der Waals surface area contributed by atoms with E-state index in [9.17, 15) is 4.39 Å². The Kier molecular flexibility index (Phi) is 4.48. The van der Waals surface area contributed by atoms with Gasteiger partial charge in [-0.2, -0.15) is 0 Å². The van der Waals surface area contributed by atoms with E-state index in [4.69, 9.17) is 4.98 Å². The van der Waals surface area contributed by atoms with Gasteiger partial charge >= 0.3 is 0 Å². The molecule has 4 nitrogen and oxygen atoms in total. The number of piperazine rings is 1. The monoisotopic (exact) mass is 366 g/mol. The van der Waals surface area contributed by atoms with Gasteiger partial charge in [-0.3, -0.25) is 4.90 Å². The first kappa shape index (κ1) is 17.0. The summed E-state index contributed by atoms with van der Waals surface area (Å²) < 4.78 is 13.2. The van der Waals surface area contributed by atoms with E-state index in [2.05, 4.69) is 26.8 Å². The summed E-state index contributed by atoms with van der Waals surface area (Å²) in [5.74, 6) is 1.89. The number of hydrogen-bond acceptors (Lipinski definition) is 4. The van der Waals surface area contributed by atoms with Gasteiger partial charge in [-0.1, -0.05) is 12.1 Å². The first-order valence-electron chi connectivity index (χ1n) is 10.2. The van der Waals surface area contributed by atoms with Crippen molar-refractivity contribution in [3.05, 3.63) is 54.0 Å². The maximum Gasteiger partial charge on any atom is 0.152 e. The van der Waals surface area contributed by atoms with Crippen LogP contribution in [-0.2, 0) is 6.54 Å². The van der Waals surface area contributed by atoms with Crippen LogP contribution in [0.2, 0.25) is 0 Å². The van der Waals surface area contributed by atoms with Gasteiger partial charge in [0.25, 0.3) is 0 Å². The van der Waals surface area contributed by atoms with Crippen LogP contribution in [0.25, 0.3) is 0 Å². The molecule has 27 heavy (non-hydrogen) atoms. The molecule has 1 aliphatic carbocycles. The van der Waals surface area contributed by atoms with Gasteiger partial charge in [0.2, 0.25) is 0 Å². The highest BCUT2D eigenvalue weighted by Crippen LogP contribution is 2.37. The molecule has 2 aliphatic heterocycles. The topological polar surface area (TPSA) is 22.6 Å². The molecule has 1 aromatic carbocycles. The fourth-order valence-electron chi connectivity index (χ4n) is 4.52. The Morgan fingerprint density at radius 2 is 1.85 bits per heavy atom. The molecule has 3 aliphatic rings. The molecule has 0 radical (unpaired) electrons. The number of nitrogens with zero attached hydrogens (tertiary/aromatic N) is 4. The van der Waals surface area contributed by atoms with Crippen LogP contribution in [0, 0.1) is 11.7 Å². The largest absolute Gasteiger partial charge is 0.368 e. The third-order valence-electron chi connectivity index (χ3n) is 6.17. The molecule has 0 N–H and O–H groups in total. The van der Waals surface area contributed by atoms with E-state index in [1.807, 2.05) is 18.3 Å². The van der Waals surface area contributed by atoms with Crippen molar-refractivity contribution in [3.63, 3.8) is 0 Å². The summed E-state index contributed by atoms with van der Waals surface area (Å²) >= 11 is 0. The molecule has 0 bridgehead atoms. The van der Waals surface area contributed by atoms with Gasteiger partial charge in [-0.15, -0.1) is 0 Å². The minimum absolute atomic E-state index is 0.161. The van der Waals surface area contributed by atoms with E-state index in [1.54, 1.807) is 12.1 Å². The van der Waals surface area contributed by atoms with E-state index in [-0.39, 0.29) is 5.82 Å². The van der Waals surface area contributed by atoms with Gasteiger partial charge in [0.1, 0.15) is 5.82 Å². The number of hydrogen-bond donors (Lipinski definition) is 0. The second-order valence-electron chi connectivity index (χ2n) is 8.23. The van der Waals surface area contributed by atoms with Gasteiger partial charge < -0.3 is 9.80 Å². The first-order valence-corrected chi connectivity index (χ1v) is 10.2. The molecule has 1 saturated carbocycles. The zero-order valence-electron chi connectivity index (χ0n) is 15.7. The standard InChI is InChI=1S/C22H27FN4/c23-19-7-5-17(6-8-19)14-25-12-13-27-20(16-25)9-11-26(15-18-3-4-18)21-2-1-10-24-22(21)27/h1-2,5-8,10,18,20H,3-4,9,11-16H2. The molecule has 1 unspecified atom stereocenters. The summed E-state index contributed by atoms with van der Waals surface area (Å²) in [7, 11) is 0. The molecule has 2 fully saturated rings. The number of benzene rings is 1. The number of rotatable bonds is 4. The molecule has 5 rings (SSSR count). The van der Waals surface area contributed by atoms with E-state index < -0.39 is 0 Å². The molecule has 1 atom stereocenters. The number of pyridine rings is 1. The summed E-state index contributed by atoms with van der Waals surface area (Å²) in [6, 6.07) is 11.8. The minimum atomic E-state index is -0.161. The second kappa shape index (κ2) is 7.12. The lowest BCUT2D eigenvalue weighted by molar-refractivity contribution is 0.211. The van der Waals surface area contributed by atoms with Gasteiger partial charge in [-0.05, 0) is 55.0 Å². The Morgan fingerprint density at radius 3 is 2.67 bits per heavy atom. The number of aromatic nitrogens is 1. The SMILES string of the molecule is Fc1ccc(CN2CCN3c4ncccc4N(CC4CC4)CCC3C2)cc1. The third-order valence-corrected chi connectivity index (χ3v) is 6.17. The molecule has 2 aromatic rings. The van der Waals surface area contributed by atoms with E-state index >= 15 is 0 Å². The molecular weight excluding hydrogens is 339 g/mol. The van der Waals surface area contributed by atoms with Crippen molar-refractivity contribution in [3.8, 4) is 0 Å². The van der Waals surface area contributed by atoms with Crippen LogP contribution >= 0.6 is 0 Å². The van der Waals surface area contributed by atoms with E-state index in [0.29, 0.717) is 6.04 Å². The molecule has 5 heteroatoms. The van der Waals surface area contributed by atoms with E-state index in [1.165, 1.54) is 42.9 Å². The van der Waals surface area contributed by atoms with Crippen molar-refractivity contribution in [2.75, 3.05) is 42.5 Å². The van der Waals surface area contributed by atoms with Crippen molar-refractivity contribution in [2.24, 2.45) is 5.92 Å². The Hall–Kier alpha value is -2.14. The lowest BCUT2D eigenvalue weighted by Gasteiger charge is -2.41. The molecular formula is C22H27FN4. The molecule has 1 aromatic heterocycles. The van der Waals surface area contributed by atoms with Crippen LogP contribution in [-0.4, -0.2) is 48.6 Å². The summed E-state index contributed by atoms with van der Waals surface area (Å²) in [6.45, 7) is 6.26. The van der Waals surface area contributed by atoms with Gasteiger partial charge in [0.15, 0.2) is 5.82 Å². The number of anilines is 2. The summed E-state index contributed by atoms with van der Waals surface area (Å²) in [6.07, 6.45) is 5.86. The van der Waals surface area contributed by atoms with Crippen molar-refractivity contribution in [1.29, 1.82) is 0 Å². The molecule has 142 valence electrons.